The number of hydrogen-bond acceptors (Lipinski definition) is 4. The van der Waals surface area contributed by atoms with E-state index in [0.29, 0.717) is 30.2 Å². The van der Waals surface area contributed by atoms with E-state index in [0.717, 1.165) is 11.3 Å². The van der Waals surface area contributed by atoms with E-state index in [1.165, 1.54) is 0 Å². The molecule has 1 heterocycles. The van der Waals surface area contributed by atoms with E-state index in [4.69, 9.17) is 14.2 Å². The second-order valence-electron chi connectivity index (χ2n) is 5.00. The Morgan fingerprint density at radius 2 is 2.09 bits per heavy atom. The van der Waals surface area contributed by atoms with Gasteiger partial charge in [0.25, 0.3) is 5.91 Å². The number of ether oxygens (including phenoxy) is 3. The maximum Gasteiger partial charge on any atom is 0.251 e. The van der Waals surface area contributed by atoms with Crippen molar-refractivity contribution in [1.29, 1.82) is 0 Å². The molecule has 1 aliphatic heterocycles. The molecule has 2 aromatic carbocycles. The number of nitrogens with one attached hydrogen (secondary N) is 1. The molecule has 1 aliphatic rings. The van der Waals surface area contributed by atoms with E-state index in [-0.39, 0.29) is 12.7 Å². The van der Waals surface area contributed by atoms with Crippen LogP contribution in [-0.4, -0.2) is 19.3 Å². The molecule has 1 amide bonds. The summed E-state index contributed by atoms with van der Waals surface area (Å²) in [5, 5.41) is 2.88. The second kappa shape index (κ2) is 6.87. The van der Waals surface area contributed by atoms with E-state index < -0.39 is 0 Å². The van der Waals surface area contributed by atoms with Gasteiger partial charge in [-0.1, -0.05) is 24.8 Å². The molecule has 0 saturated carbocycles. The number of benzene rings is 2. The van der Waals surface area contributed by atoms with Gasteiger partial charge in [0.2, 0.25) is 6.79 Å². The van der Waals surface area contributed by atoms with Gasteiger partial charge in [-0.05, 0) is 35.9 Å². The molecule has 0 spiro atoms. The fraction of sp³-hybridized carbons (Fsp3) is 0.167. The topological polar surface area (TPSA) is 56.8 Å². The van der Waals surface area contributed by atoms with E-state index >= 15 is 0 Å². The lowest BCUT2D eigenvalue weighted by Crippen LogP contribution is -2.22. The van der Waals surface area contributed by atoms with E-state index in [1.54, 1.807) is 30.3 Å². The molecule has 0 bridgehead atoms. The van der Waals surface area contributed by atoms with E-state index in [9.17, 15) is 4.79 Å². The molecule has 118 valence electrons. The SMILES string of the molecule is C=CCOc1cccc(C(=O)NCc2ccc3c(c2)OCO3)c1. The molecule has 0 radical (unpaired) electrons. The van der Waals surface area contributed by atoms with Crippen LogP contribution in [0, 0.1) is 0 Å². The fourth-order valence-corrected chi connectivity index (χ4v) is 2.22. The summed E-state index contributed by atoms with van der Waals surface area (Å²) >= 11 is 0. The zero-order valence-electron chi connectivity index (χ0n) is 12.6. The van der Waals surface area contributed by atoms with Gasteiger partial charge in [0.15, 0.2) is 11.5 Å². The van der Waals surface area contributed by atoms with Crippen LogP contribution in [0.25, 0.3) is 0 Å². The zero-order valence-corrected chi connectivity index (χ0v) is 12.6. The molecule has 23 heavy (non-hydrogen) atoms. The molecular formula is C18H17NO4. The first-order valence-corrected chi connectivity index (χ1v) is 7.27. The van der Waals surface area contributed by atoms with Crippen LogP contribution in [0.2, 0.25) is 0 Å². The second-order valence-corrected chi connectivity index (χ2v) is 5.00. The maximum absolute atomic E-state index is 12.2. The number of rotatable bonds is 6. The third-order valence-corrected chi connectivity index (χ3v) is 3.35. The molecule has 1 N–H and O–H groups in total. The molecule has 0 aromatic heterocycles. The largest absolute Gasteiger partial charge is 0.490 e. The van der Waals surface area contributed by atoms with Gasteiger partial charge in [0.05, 0.1) is 0 Å². The number of fused-ring (bicyclic) bond motifs is 1. The van der Waals surface area contributed by atoms with Gasteiger partial charge in [-0.2, -0.15) is 0 Å². The van der Waals surface area contributed by atoms with Crippen molar-refractivity contribution in [1.82, 2.24) is 5.32 Å². The average molecular weight is 311 g/mol. The molecule has 0 unspecified atom stereocenters. The molecular weight excluding hydrogens is 294 g/mol. The first kappa shape index (κ1) is 15.0. The van der Waals surface area contributed by atoms with Crippen LogP contribution in [0.3, 0.4) is 0 Å². The van der Waals surface area contributed by atoms with Crippen LogP contribution in [0.4, 0.5) is 0 Å². The third-order valence-electron chi connectivity index (χ3n) is 3.35. The van der Waals surface area contributed by atoms with Crippen molar-refractivity contribution in [3.8, 4) is 17.2 Å². The van der Waals surface area contributed by atoms with Crippen molar-refractivity contribution in [3.05, 3.63) is 66.2 Å². The Balaban J connectivity index is 1.62. The van der Waals surface area contributed by atoms with Crippen LogP contribution in [0.1, 0.15) is 15.9 Å². The normalized spacial score (nSPS) is 11.8. The smallest absolute Gasteiger partial charge is 0.251 e. The lowest BCUT2D eigenvalue weighted by Gasteiger charge is -2.08. The van der Waals surface area contributed by atoms with E-state index in [2.05, 4.69) is 11.9 Å². The summed E-state index contributed by atoms with van der Waals surface area (Å²) in [7, 11) is 0. The fourth-order valence-electron chi connectivity index (χ4n) is 2.22. The minimum absolute atomic E-state index is 0.160. The van der Waals surface area contributed by atoms with Gasteiger partial charge < -0.3 is 19.5 Å². The Morgan fingerprint density at radius 3 is 2.96 bits per heavy atom. The highest BCUT2D eigenvalue weighted by Crippen LogP contribution is 2.32. The van der Waals surface area contributed by atoms with Crippen molar-refractivity contribution in [2.24, 2.45) is 0 Å². The van der Waals surface area contributed by atoms with Gasteiger partial charge in [-0.3, -0.25) is 4.79 Å². The summed E-state index contributed by atoms with van der Waals surface area (Å²) in [6.07, 6.45) is 1.66. The lowest BCUT2D eigenvalue weighted by molar-refractivity contribution is 0.0950. The van der Waals surface area contributed by atoms with Crippen LogP contribution in [0.5, 0.6) is 17.2 Å². The summed E-state index contributed by atoms with van der Waals surface area (Å²) in [5.41, 5.74) is 1.49. The molecule has 0 atom stereocenters. The first-order chi connectivity index (χ1) is 11.3. The zero-order chi connectivity index (χ0) is 16.1. The Labute approximate surface area is 134 Å². The Morgan fingerprint density at radius 1 is 1.22 bits per heavy atom. The van der Waals surface area contributed by atoms with Crippen molar-refractivity contribution >= 4 is 5.91 Å². The standard InChI is InChI=1S/C18H17NO4/c1-2-8-21-15-5-3-4-14(10-15)18(20)19-11-13-6-7-16-17(9-13)23-12-22-16/h2-7,9-10H,1,8,11-12H2,(H,19,20). The monoisotopic (exact) mass is 311 g/mol. The molecule has 5 heteroatoms. The van der Waals surface area contributed by atoms with Gasteiger partial charge in [-0.15, -0.1) is 0 Å². The van der Waals surface area contributed by atoms with Crippen LogP contribution in [0.15, 0.2) is 55.1 Å². The number of carbonyl (C=O) groups excluding carboxylic acids is 1. The Hall–Kier alpha value is -2.95. The summed E-state index contributed by atoms with van der Waals surface area (Å²) in [5.74, 6) is 1.91. The van der Waals surface area contributed by atoms with Crippen LogP contribution in [-0.2, 0) is 6.54 Å². The molecule has 5 nitrogen and oxygen atoms in total. The minimum atomic E-state index is -0.160. The Bertz CT molecular complexity index is 727. The van der Waals surface area contributed by atoms with E-state index in [1.807, 2.05) is 18.2 Å². The number of carbonyl (C=O) groups is 1. The molecule has 0 fully saturated rings. The highest BCUT2D eigenvalue weighted by atomic mass is 16.7. The van der Waals surface area contributed by atoms with Crippen molar-refractivity contribution in [3.63, 3.8) is 0 Å². The average Bonchev–Trinajstić information content (AvgIpc) is 3.05. The number of hydrogen-bond donors (Lipinski definition) is 1. The first-order valence-electron chi connectivity index (χ1n) is 7.27. The van der Waals surface area contributed by atoms with Gasteiger partial charge >= 0.3 is 0 Å². The minimum Gasteiger partial charge on any atom is -0.490 e. The molecule has 3 rings (SSSR count). The van der Waals surface area contributed by atoms with Crippen LogP contribution >= 0.6 is 0 Å². The highest BCUT2D eigenvalue weighted by molar-refractivity contribution is 5.94. The summed E-state index contributed by atoms with van der Waals surface area (Å²) in [6.45, 7) is 4.65. The quantitative estimate of drug-likeness (QED) is 0.833. The molecule has 0 saturated heterocycles. The summed E-state index contributed by atoms with van der Waals surface area (Å²) < 4.78 is 16.0. The van der Waals surface area contributed by atoms with Crippen molar-refractivity contribution in [2.45, 2.75) is 6.54 Å². The van der Waals surface area contributed by atoms with Crippen molar-refractivity contribution in [2.75, 3.05) is 13.4 Å². The number of amides is 1. The van der Waals surface area contributed by atoms with Gasteiger partial charge in [0, 0.05) is 12.1 Å². The van der Waals surface area contributed by atoms with Gasteiger partial charge in [-0.25, -0.2) is 0 Å². The van der Waals surface area contributed by atoms with Crippen molar-refractivity contribution < 1.29 is 19.0 Å². The van der Waals surface area contributed by atoms with Gasteiger partial charge in [0.1, 0.15) is 12.4 Å². The maximum atomic E-state index is 12.2. The highest BCUT2D eigenvalue weighted by Gasteiger charge is 2.13. The Kier molecular flexibility index (Phi) is 4.47. The summed E-state index contributed by atoms with van der Waals surface area (Å²) in [4.78, 5) is 12.2. The third kappa shape index (κ3) is 3.63. The molecule has 0 aliphatic carbocycles. The predicted molar refractivity (Wildman–Crippen MR) is 85.9 cm³/mol. The van der Waals surface area contributed by atoms with Crippen LogP contribution < -0.4 is 19.5 Å². The molecule has 2 aromatic rings. The predicted octanol–water partition coefficient (Wildman–Crippen LogP) is 2.91. The summed E-state index contributed by atoms with van der Waals surface area (Å²) in [6, 6.07) is 12.7. The lowest BCUT2D eigenvalue weighted by atomic mass is 10.1.